The van der Waals surface area contributed by atoms with Crippen LogP contribution in [0.15, 0.2) is 29.3 Å². The maximum absolute atomic E-state index is 14.2. The zero-order valence-corrected chi connectivity index (χ0v) is 17.6. The molecule has 0 saturated carbocycles. The fourth-order valence-electron chi connectivity index (χ4n) is 5.22. The molecular formula is C22H28F3N3O2. The Hall–Kier alpha value is -2.09. The minimum Gasteiger partial charge on any atom is -0.362 e. The number of amides is 1. The molecule has 164 valence electrons. The lowest BCUT2D eigenvalue weighted by Gasteiger charge is -2.50. The maximum atomic E-state index is 14.2. The lowest BCUT2D eigenvalue weighted by molar-refractivity contribution is -0.314. The molecule has 0 aromatic heterocycles. The topological polar surface area (TPSA) is 56.1 Å². The number of carbonyl (C=O) groups excluding carboxylic acids is 1. The van der Waals surface area contributed by atoms with Crippen LogP contribution in [-0.4, -0.2) is 63.2 Å². The summed E-state index contributed by atoms with van der Waals surface area (Å²) in [7, 11) is 0. The predicted molar refractivity (Wildman–Crippen MR) is 107 cm³/mol. The molecule has 30 heavy (non-hydrogen) atoms. The fraction of sp³-hybridized carbons (Fsp3) is 0.636. The van der Waals surface area contributed by atoms with E-state index in [1.807, 2.05) is 24.3 Å². The summed E-state index contributed by atoms with van der Waals surface area (Å²) in [5.74, 6) is -1.17. The summed E-state index contributed by atoms with van der Waals surface area (Å²) >= 11 is 0. The summed E-state index contributed by atoms with van der Waals surface area (Å²) in [4.78, 5) is 20.4. The highest BCUT2D eigenvalue weighted by Crippen LogP contribution is 2.47. The zero-order valence-electron chi connectivity index (χ0n) is 17.6. The van der Waals surface area contributed by atoms with Crippen LogP contribution in [0.5, 0.6) is 0 Å². The van der Waals surface area contributed by atoms with Crippen molar-refractivity contribution in [3.8, 4) is 0 Å². The lowest BCUT2D eigenvalue weighted by Crippen LogP contribution is -2.73. The average Bonchev–Trinajstić information content (AvgIpc) is 3.20. The van der Waals surface area contributed by atoms with E-state index in [0.717, 1.165) is 4.90 Å². The Bertz CT molecular complexity index is 858. The molecule has 2 heterocycles. The number of piperazine rings is 1. The van der Waals surface area contributed by atoms with Gasteiger partial charge in [0.2, 0.25) is 5.91 Å². The number of aliphatic hydroxyl groups is 1. The van der Waals surface area contributed by atoms with E-state index in [1.165, 1.54) is 11.1 Å². The maximum Gasteiger partial charge on any atom is 0.438 e. The van der Waals surface area contributed by atoms with Crippen molar-refractivity contribution in [2.75, 3.05) is 6.54 Å². The first-order valence-electron chi connectivity index (χ1n) is 10.5. The minimum absolute atomic E-state index is 0.0116. The third kappa shape index (κ3) is 2.94. The van der Waals surface area contributed by atoms with Crippen molar-refractivity contribution in [1.29, 1.82) is 0 Å². The number of amidine groups is 1. The van der Waals surface area contributed by atoms with E-state index in [2.05, 4.69) is 4.99 Å². The predicted octanol–water partition coefficient (Wildman–Crippen LogP) is 3.01. The van der Waals surface area contributed by atoms with Gasteiger partial charge in [0, 0.05) is 6.04 Å². The molecule has 5 nitrogen and oxygen atoms in total. The van der Waals surface area contributed by atoms with Gasteiger partial charge in [-0.2, -0.15) is 13.2 Å². The number of nitrogens with zero attached hydrogens (tertiary/aromatic N) is 3. The van der Waals surface area contributed by atoms with Gasteiger partial charge in [-0.1, -0.05) is 52.0 Å². The molecule has 4 rings (SSSR count). The summed E-state index contributed by atoms with van der Waals surface area (Å²) in [5.41, 5.74) is -0.843. The van der Waals surface area contributed by atoms with E-state index in [0.29, 0.717) is 12.8 Å². The Morgan fingerprint density at radius 1 is 1.10 bits per heavy atom. The van der Waals surface area contributed by atoms with Crippen molar-refractivity contribution in [2.45, 2.75) is 70.6 Å². The Morgan fingerprint density at radius 2 is 1.67 bits per heavy atom. The van der Waals surface area contributed by atoms with Crippen LogP contribution in [0.1, 0.15) is 38.8 Å². The van der Waals surface area contributed by atoms with Gasteiger partial charge in [-0.25, -0.2) is 0 Å². The monoisotopic (exact) mass is 423 g/mol. The summed E-state index contributed by atoms with van der Waals surface area (Å²) in [5, 5.41) is 11.0. The second kappa shape index (κ2) is 6.97. The third-order valence-electron chi connectivity index (χ3n) is 6.62. The molecule has 3 atom stereocenters. The normalized spacial score (nSPS) is 29.7. The smallest absolute Gasteiger partial charge is 0.362 e. The molecule has 0 spiro atoms. The highest BCUT2D eigenvalue weighted by atomic mass is 19.4. The van der Waals surface area contributed by atoms with Crippen LogP contribution in [0.25, 0.3) is 0 Å². The molecular weight excluding hydrogens is 395 g/mol. The molecule has 1 amide bonds. The van der Waals surface area contributed by atoms with Crippen LogP contribution in [0.2, 0.25) is 0 Å². The van der Waals surface area contributed by atoms with Crippen molar-refractivity contribution in [3.63, 3.8) is 0 Å². The number of benzene rings is 1. The summed E-state index contributed by atoms with van der Waals surface area (Å²) in [6.45, 7) is 6.64. The van der Waals surface area contributed by atoms with Gasteiger partial charge in [-0.3, -0.25) is 9.79 Å². The Kier molecular flexibility index (Phi) is 4.91. The minimum atomic E-state index is -4.94. The first-order valence-corrected chi connectivity index (χ1v) is 10.5. The molecule has 1 aliphatic carbocycles. The van der Waals surface area contributed by atoms with Crippen molar-refractivity contribution in [3.05, 3.63) is 35.4 Å². The van der Waals surface area contributed by atoms with Crippen molar-refractivity contribution in [1.82, 2.24) is 9.80 Å². The van der Waals surface area contributed by atoms with Crippen LogP contribution < -0.4 is 0 Å². The molecule has 1 fully saturated rings. The molecule has 1 N–H and O–H groups in total. The van der Waals surface area contributed by atoms with Gasteiger partial charge in [0.05, 0.1) is 6.54 Å². The highest BCUT2D eigenvalue weighted by molar-refractivity contribution is 5.99. The van der Waals surface area contributed by atoms with Crippen molar-refractivity contribution < 1.29 is 23.1 Å². The van der Waals surface area contributed by atoms with Gasteiger partial charge in [-0.15, -0.1) is 0 Å². The van der Waals surface area contributed by atoms with Crippen molar-refractivity contribution >= 4 is 11.7 Å². The van der Waals surface area contributed by atoms with Crippen LogP contribution in [0.4, 0.5) is 13.2 Å². The highest BCUT2D eigenvalue weighted by Gasteiger charge is 2.70. The van der Waals surface area contributed by atoms with E-state index >= 15 is 0 Å². The second-order valence-corrected chi connectivity index (χ2v) is 9.31. The Morgan fingerprint density at radius 3 is 2.13 bits per heavy atom. The van der Waals surface area contributed by atoms with Gasteiger partial charge < -0.3 is 14.9 Å². The molecule has 1 aromatic rings. The van der Waals surface area contributed by atoms with Crippen LogP contribution >= 0.6 is 0 Å². The summed E-state index contributed by atoms with van der Waals surface area (Å²) in [6, 6.07) is 5.36. The number of hydrogen-bond donors (Lipinski definition) is 1. The molecule has 8 heteroatoms. The summed E-state index contributed by atoms with van der Waals surface area (Å²) in [6.07, 6.45) is -3.58. The average molecular weight is 423 g/mol. The number of rotatable bonds is 3. The number of hydrogen-bond acceptors (Lipinski definition) is 4. The molecule has 0 bridgehead atoms. The van der Waals surface area contributed by atoms with E-state index in [4.69, 9.17) is 0 Å². The Labute approximate surface area is 174 Å². The molecule has 2 aliphatic heterocycles. The first-order chi connectivity index (χ1) is 14.0. The van der Waals surface area contributed by atoms with Crippen molar-refractivity contribution in [2.24, 2.45) is 16.8 Å². The number of alkyl halides is 3. The molecule has 1 aromatic carbocycles. The third-order valence-corrected chi connectivity index (χ3v) is 6.62. The lowest BCUT2D eigenvalue weighted by atomic mass is 9.88. The molecule has 1 saturated heterocycles. The van der Waals surface area contributed by atoms with E-state index in [-0.39, 0.29) is 24.3 Å². The first kappa shape index (κ1) is 21.2. The van der Waals surface area contributed by atoms with E-state index in [1.54, 1.807) is 32.6 Å². The van der Waals surface area contributed by atoms with E-state index < -0.39 is 35.8 Å². The SMILES string of the molecule is CC(C)C1N=C2CN(C3Cc4ccccc4C3)C(=O)[C@H](C(C)C)N2C1(O)C(F)(F)F. The molecule has 0 radical (unpaired) electrons. The molecule has 2 unspecified atom stereocenters. The fourth-order valence-corrected chi connectivity index (χ4v) is 5.22. The van der Waals surface area contributed by atoms with Gasteiger partial charge >= 0.3 is 6.18 Å². The van der Waals surface area contributed by atoms with Gasteiger partial charge in [0.15, 0.2) is 0 Å². The number of carbonyl (C=O) groups is 1. The van der Waals surface area contributed by atoms with Gasteiger partial charge in [0.25, 0.3) is 5.72 Å². The van der Waals surface area contributed by atoms with Crippen LogP contribution in [0, 0.1) is 11.8 Å². The largest absolute Gasteiger partial charge is 0.438 e. The molecule has 3 aliphatic rings. The number of aliphatic imine (C=N–C) groups is 1. The van der Waals surface area contributed by atoms with Gasteiger partial charge in [0.1, 0.15) is 17.9 Å². The van der Waals surface area contributed by atoms with Crippen LogP contribution in [-0.2, 0) is 17.6 Å². The quantitative estimate of drug-likeness (QED) is 0.813. The van der Waals surface area contributed by atoms with Crippen LogP contribution in [0.3, 0.4) is 0 Å². The standard InChI is InChI=1S/C22H28F3N3O2/c1-12(2)18-20(29)27(16-9-14-7-5-6-8-15(14)10-16)11-17-26-19(13(3)4)21(30,28(17)18)22(23,24)25/h5-8,12-13,16,18-19,30H,9-11H2,1-4H3/t18-,19?,21?/m0/s1. The number of fused-ring (bicyclic) bond motifs is 2. The second-order valence-electron chi connectivity index (χ2n) is 9.31. The summed E-state index contributed by atoms with van der Waals surface area (Å²) < 4.78 is 42.5. The zero-order chi connectivity index (χ0) is 22.0. The Balaban J connectivity index is 1.73. The van der Waals surface area contributed by atoms with E-state index in [9.17, 15) is 23.1 Å². The van der Waals surface area contributed by atoms with Gasteiger partial charge in [-0.05, 0) is 35.8 Å². The number of halogens is 3.